The topological polar surface area (TPSA) is 19.7 Å². The second kappa shape index (κ2) is 1.72. The summed E-state index contributed by atoms with van der Waals surface area (Å²) < 4.78 is 0. The van der Waals surface area contributed by atoms with E-state index in [0.717, 1.165) is 11.8 Å². The van der Waals surface area contributed by atoms with Crippen molar-refractivity contribution in [3.8, 4) is 0 Å². The van der Waals surface area contributed by atoms with Crippen LogP contribution in [0, 0.1) is 11.8 Å². The molecule has 0 saturated carbocycles. The summed E-state index contributed by atoms with van der Waals surface area (Å²) in [4.78, 5) is 0. The maximum atomic E-state index is 3.46. The molecule has 0 aliphatic carbocycles. The Kier molecular flexibility index (Phi) is 0.952. The molecule has 4 saturated heterocycles. The normalized spacial score (nSPS) is 57.6. The van der Waals surface area contributed by atoms with Gasteiger partial charge in [0.15, 0.2) is 0 Å². The molecule has 2 unspecified atom stereocenters. The molecule has 10 heavy (non-hydrogen) atoms. The Balaban J connectivity index is 1.90. The van der Waals surface area contributed by atoms with Gasteiger partial charge in [0.25, 0.3) is 0 Å². The third kappa shape index (κ3) is 0.654. The first kappa shape index (κ1) is 5.52. The highest BCUT2D eigenvalue weighted by Crippen LogP contribution is 2.23. The molecule has 2 N–H and O–H groups in total. The van der Waals surface area contributed by atoms with Gasteiger partial charge in [-0.2, -0.15) is 5.01 Å². The zero-order valence-electron chi connectivity index (χ0n) is 6.14. The van der Waals surface area contributed by atoms with E-state index < -0.39 is 0 Å². The van der Waals surface area contributed by atoms with Crippen LogP contribution in [0.3, 0.4) is 0 Å². The molecule has 4 fully saturated rings. The Morgan fingerprint density at radius 1 is 1.20 bits per heavy atom. The van der Waals surface area contributed by atoms with Crippen LogP contribution >= 0.6 is 0 Å². The minimum absolute atomic E-state index is 1.00. The average molecular weight is 140 g/mol. The molecule has 2 atom stereocenters. The number of nitrogens with zero attached hydrogens (tertiary/aromatic N) is 1. The third-order valence-electron chi connectivity index (χ3n) is 3.01. The second-order valence-electron chi connectivity index (χ2n) is 4.00. The summed E-state index contributed by atoms with van der Waals surface area (Å²) in [6, 6.07) is 0. The fraction of sp³-hybridized carbons (Fsp3) is 1.00. The van der Waals surface area contributed by atoms with Crippen LogP contribution in [0.2, 0.25) is 0 Å². The van der Waals surface area contributed by atoms with Gasteiger partial charge >= 0.3 is 0 Å². The van der Waals surface area contributed by atoms with Crippen LogP contribution in [0.25, 0.3) is 0 Å². The number of rotatable bonds is 0. The number of piperidine rings is 2. The van der Waals surface area contributed by atoms with Crippen molar-refractivity contribution in [3.05, 3.63) is 0 Å². The minimum Gasteiger partial charge on any atom is -0.242 e. The van der Waals surface area contributed by atoms with Crippen LogP contribution in [-0.2, 0) is 0 Å². The van der Waals surface area contributed by atoms with Crippen molar-refractivity contribution in [2.24, 2.45) is 11.8 Å². The molecule has 3 nitrogen and oxygen atoms in total. The summed E-state index contributed by atoms with van der Waals surface area (Å²) in [6.45, 7) is 5.35. The first-order chi connectivity index (χ1) is 4.90. The van der Waals surface area contributed by atoms with E-state index in [1.807, 2.05) is 0 Å². The van der Waals surface area contributed by atoms with Crippen molar-refractivity contribution in [1.82, 2.24) is 10.5 Å². The van der Waals surface area contributed by atoms with Gasteiger partial charge < -0.3 is 0 Å². The summed E-state index contributed by atoms with van der Waals surface area (Å²) in [5, 5.41) is 4.01. The molecule has 4 aliphatic heterocycles. The van der Waals surface area contributed by atoms with Gasteiger partial charge in [-0.15, -0.1) is 0 Å². The lowest BCUT2D eigenvalue weighted by atomic mass is 9.85. The van der Waals surface area contributed by atoms with Crippen molar-refractivity contribution in [3.63, 3.8) is 0 Å². The molecule has 4 heterocycles. The van der Waals surface area contributed by atoms with E-state index in [1.165, 1.54) is 32.6 Å². The van der Waals surface area contributed by atoms with E-state index in [1.54, 1.807) is 5.01 Å². The lowest BCUT2D eigenvalue weighted by Gasteiger charge is -2.49. The molecule has 0 aromatic carbocycles. The zero-order valence-corrected chi connectivity index (χ0v) is 6.14. The van der Waals surface area contributed by atoms with Crippen LogP contribution in [0.1, 0.15) is 6.42 Å². The van der Waals surface area contributed by atoms with Gasteiger partial charge in [0.2, 0.25) is 0 Å². The van der Waals surface area contributed by atoms with Crippen LogP contribution in [0.5, 0.6) is 0 Å². The number of quaternary nitrogens is 1. The zero-order chi connectivity index (χ0) is 6.55. The molecular formula is C7H14N3+. The van der Waals surface area contributed by atoms with E-state index in [4.69, 9.17) is 0 Å². The Hall–Kier alpha value is -0.120. The predicted octanol–water partition coefficient (Wildman–Crippen LogP) is -1.74. The fourth-order valence-electron chi connectivity index (χ4n) is 2.80. The van der Waals surface area contributed by atoms with Crippen LogP contribution in [-0.4, -0.2) is 31.2 Å². The Labute approximate surface area is 60.9 Å². The first-order valence-electron chi connectivity index (χ1n) is 4.26. The van der Waals surface area contributed by atoms with Gasteiger partial charge in [-0.1, -0.05) is 5.53 Å². The number of hydrogen-bond acceptors (Lipinski definition) is 2. The summed E-state index contributed by atoms with van der Waals surface area (Å²) in [5.41, 5.74) is 3.46. The van der Waals surface area contributed by atoms with Crippen molar-refractivity contribution in [2.75, 3.05) is 26.2 Å². The monoisotopic (exact) mass is 140 g/mol. The average Bonchev–Trinajstić information content (AvgIpc) is 1.82. The predicted molar refractivity (Wildman–Crippen MR) is 37.0 cm³/mol. The maximum absolute atomic E-state index is 3.46. The smallest absolute Gasteiger partial charge is 0.0998 e. The van der Waals surface area contributed by atoms with Gasteiger partial charge in [-0.05, 0) is 6.42 Å². The minimum atomic E-state index is 1.00. The van der Waals surface area contributed by atoms with Crippen molar-refractivity contribution >= 4 is 0 Å². The SMILES string of the molecule is C1C2CN3CC1C[NH+](C2)N3. The second-order valence-corrected chi connectivity index (χ2v) is 4.00. The fourth-order valence-corrected chi connectivity index (χ4v) is 2.80. The highest BCUT2D eigenvalue weighted by molar-refractivity contribution is 4.80. The summed E-state index contributed by atoms with van der Waals surface area (Å²) in [7, 11) is 0. The van der Waals surface area contributed by atoms with E-state index in [9.17, 15) is 0 Å². The summed E-state index contributed by atoms with van der Waals surface area (Å²) >= 11 is 0. The largest absolute Gasteiger partial charge is 0.242 e. The van der Waals surface area contributed by atoms with Crippen LogP contribution in [0.4, 0.5) is 0 Å². The van der Waals surface area contributed by atoms with E-state index in [0.29, 0.717) is 0 Å². The van der Waals surface area contributed by atoms with Gasteiger partial charge in [0.05, 0.1) is 13.1 Å². The molecule has 4 rings (SSSR count). The summed E-state index contributed by atoms with van der Waals surface area (Å²) in [6.07, 6.45) is 1.50. The quantitative estimate of drug-likeness (QED) is 0.416. The molecule has 0 aromatic heterocycles. The van der Waals surface area contributed by atoms with Crippen molar-refractivity contribution in [2.45, 2.75) is 6.42 Å². The molecule has 0 aromatic rings. The van der Waals surface area contributed by atoms with Crippen molar-refractivity contribution < 1.29 is 5.01 Å². The van der Waals surface area contributed by atoms with E-state index >= 15 is 0 Å². The standard InChI is InChI=1S/C7H13N3/c1-6-2-9-4-7(1)5-10(3-6)8-9/h6-8H,1-5H2/p+1. The molecule has 0 amide bonds. The Bertz CT molecular complexity index is 100. The van der Waals surface area contributed by atoms with Gasteiger partial charge in [0.1, 0.15) is 0 Å². The van der Waals surface area contributed by atoms with Gasteiger partial charge in [-0.25, -0.2) is 5.01 Å². The van der Waals surface area contributed by atoms with Crippen LogP contribution < -0.4 is 10.5 Å². The van der Waals surface area contributed by atoms with Crippen LogP contribution in [0.15, 0.2) is 0 Å². The van der Waals surface area contributed by atoms with Crippen molar-refractivity contribution in [1.29, 1.82) is 0 Å². The maximum Gasteiger partial charge on any atom is 0.0998 e. The molecule has 0 radical (unpaired) electrons. The Morgan fingerprint density at radius 2 is 1.90 bits per heavy atom. The highest BCUT2D eigenvalue weighted by atomic mass is 15.8. The first-order valence-corrected chi connectivity index (χ1v) is 4.26. The highest BCUT2D eigenvalue weighted by Gasteiger charge is 2.42. The number of hydrogen-bond donors (Lipinski definition) is 2. The Morgan fingerprint density at radius 3 is 2.40 bits per heavy atom. The van der Waals surface area contributed by atoms with Gasteiger partial charge in [0, 0.05) is 24.9 Å². The molecule has 56 valence electrons. The number of nitrogens with one attached hydrogen (secondary N) is 2. The molecule has 3 heteroatoms. The lowest BCUT2D eigenvalue weighted by Crippen LogP contribution is -3.25. The molecule has 0 spiro atoms. The number of hydrazine groups is 1. The third-order valence-corrected chi connectivity index (χ3v) is 3.01. The molecule has 4 bridgehead atoms. The van der Waals surface area contributed by atoms with Gasteiger partial charge in [-0.3, -0.25) is 0 Å². The molecule has 4 aliphatic rings. The van der Waals surface area contributed by atoms with E-state index in [-0.39, 0.29) is 0 Å². The molecular weight excluding hydrogens is 126 g/mol. The lowest BCUT2D eigenvalue weighted by molar-refractivity contribution is -0.987. The summed E-state index contributed by atoms with van der Waals surface area (Å²) in [5.74, 6) is 2.01. The van der Waals surface area contributed by atoms with E-state index in [2.05, 4.69) is 10.5 Å².